The summed E-state index contributed by atoms with van der Waals surface area (Å²) in [5.74, 6) is 3.00. The summed E-state index contributed by atoms with van der Waals surface area (Å²) in [4.78, 5) is 28.9. The summed E-state index contributed by atoms with van der Waals surface area (Å²) in [5, 5.41) is 22.8. The van der Waals surface area contributed by atoms with Crippen molar-refractivity contribution >= 4 is 21.5 Å². The summed E-state index contributed by atoms with van der Waals surface area (Å²) < 4.78 is 31.2. The molecule has 7 rings (SSSR count). The number of benzene rings is 4. The predicted molar refractivity (Wildman–Crippen MR) is 229 cm³/mol. The Bertz CT molecular complexity index is 2630. The van der Waals surface area contributed by atoms with Crippen LogP contribution in [0.3, 0.4) is 0 Å². The fourth-order valence-corrected chi connectivity index (χ4v) is 7.93. The average molecular weight is 792 g/mol. The van der Waals surface area contributed by atoms with Crippen molar-refractivity contribution in [2.24, 2.45) is 14.1 Å². The van der Waals surface area contributed by atoms with Crippen molar-refractivity contribution < 1.29 is 33.9 Å². The molecule has 1 aliphatic rings. The number of nitrogens with zero attached hydrogens (tertiary/aromatic N) is 3. The topological polar surface area (TPSA) is 134 Å². The van der Waals surface area contributed by atoms with E-state index in [1.54, 1.807) is 51.7 Å². The standard InChI is InChI=1S/C25H30N2O5.C21H23NO4/c1-15-10-17(11-16(2)23(15)28)20-12-18-13-21(30-4)19(14-27-6-8-32-9-7-27)24(31-5)22(18)25(29)26(20)3;1-11-7-14(8-12(2)19(11)23)16-9-15-10-17(25-5)13(3)20(26-6)18(15)21(24)22(16)4/h10-13,28H,6-9,14H2,1-5H3;7-10,23H,1-6H3. The van der Waals surface area contributed by atoms with Crippen LogP contribution in [0.25, 0.3) is 44.1 Å². The minimum absolute atomic E-state index is 0.136. The van der Waals surface area contributed by atoms with Crippen molar-refractivity contribution in [3.8, 4) is 57.0 Å². The summed E-state index contributed by atoms with van der Waals surface area (Å²) in [6, 6.07) is 15.3. The van der Waals surface area contributed by atoms with Crippen LogP contribution in [0.1, 0.15) is 33.4 Å². The van der Waals surface area contributed by atoms with Gasteiger partial charge in [-0.15, -0.1) is 0 Å². The van der Waals surface area contributed by atoms with Gasteiger partial charge < -0.3 is 43.0 Å². The van der Waals surface area contributed by atoms with Crippen LogP contribution in [0.4, 0.5) is 0 Å². The minimum Gasteiger partial charge on any atom is -0.507 e. The summed E-state index contributed by atoms with van der Waals surface area (Å²) in [6.45, 7) is 12.9. The maximum atomic E-state index is 13.5. The van der Waals surface area contributed by atoms with Gasteiger partial charge in [-0.2, -0.15) is 0 Å². The van der Waals surface area contributed by atoms with E-state index in [-0.39, 0.29) is 22.6 Å². The SMILES string of the molecule is COc1cc2cc(-c3cc(C)c(O)c(C)c3)n(C)c(=O)c2c(OC)c1C.COc1cc2cc(-c3cc(C)c(O)c(C)c3)n(C)c(=O)c2c(OC)c1CN1CCOCC1. The van der Waals surface area contributed by atoms with E-state index in [2.05, 4.69) is 4.90 Å². The molecule has 0 aliphatic carbocycles. The van der Waals surface area contributed by atoms with Gasteiger partial charge >= 0.3 is 0 Å². The van der Waals surface area contributed by atoms with Gasteiger partial charge in [-0.25, -0.2) is 0 Å². The van der Waals surface area contributed by atoms with Gasteiger partial charge in [-0.3, -0.25) is 14.5 Å². The first kappa shape index (κ1) is 41.6. The molecule has 58 heavy (non-hydrogen) atoms. The molecule has 0 bridgehead atoms. The normalized spacial score (nSPS) is 13.0. The monoisotopic (exact) mass is 791 g/mol. The summed E-state index contributed by atoms with van der Waals surface area (Å²) in [6.07, 6.45) is 0. The van der Waals surface area contributed by atoms with E-state index < -0.39 is 0 Å². The van der Waals surface area contributed by atoms with Crippen molar-refractivity contribution in [1.29, 1.82) is 0 Å². The number of ether oxygens (including phenoxy) is 5. The molecular formula is C46H53N3O9. The van der Waals surface area contributed by atoms with Crippen molar-refractivity contribution in [3.05, 3.63) is 103 Å². The van der Waals surface area contributed by atoms with E-state index >= 15 is 0 Å². The van der Waals surface area contributed by atoms with Crippen LogP contribution in [0.15, 0.2) is 58.1 Å². The maximum absolute atomic E-state index is 13.5. The second kappa shape index (κ2) is 16.9. The molecule has 12 nitrogen and oxygen atoms in total. The molecule has 0 atom stereocenters. The first-order valence-electron chi connectivity index (χ1n) is 19.1. The Balaban J connectivity index is 0.000000200. The number of rotatable bonds is 8. The molecule has 0 unspecified atom stereocenters. The number of aromatic hydroxyl groups is 2. The van der Waals surface area contributed by atoms with E-state index in [9.17, 15) is 19.8 Å². The van der Waals surface area contributed by atoms with Gasteiger partial charge in [-0.1, -0.05) is 0 Å². The van der Waals surface area contributed by atoms with Crippen LogP contribution >= 0.6 is 0 Å². The number of aryl methyl sites for hydroxylation is 4. The van der Waals surface area contributed by atoms with Crippen molar-refractivity contribution in [2.75, 3.05) is 54.7 Å². The Morgan fingerprint density at radius 1 is 0.586 bits per heavy atom. The molecule has 0 saturated carbocycles. The highest BCUT2D eigenvalue weighted by Crippen LogP contribution is 2.39. The largest absolute Gasteiger partial charge is 0.507 e. The van der Waals surface area contributed by atoms with Gasteiger partial charge in [-0.05, 0) is 127 Å². The highest BCUT2D eigenvalue weighted by molar-refractivity contribution is 5.94. The molecule has 3 heterocycles. The van der Waals surface area contributed by atoms with Crippen LogP contribution in [0, 0.1) is 34.6 Å². The van der Waals surface area contributed by atoms with Crippen LogP contribution in [0.2, 0.25) is 0 Å². The molecular weight excluding hydrogens is 739 g/mol. The lowest BCUT2D eigenvalue weighted by atomic mass is 9.99. The maximum Gasteiger partial charge on any atom is 0.262 e. The number of fused-ring (bicyclic) bond motifs is 2. The fourth-order valence-electron chi connectivity index (χ4n) is 7.93. The van der Waals surface area contributed by atoms with Gasteiger partial charge in [0.2, 0.25) is 0 Å². The molecule has 1 aliphatic heterocycles. The number of methoxy groups -OCH3 is 4. The lowest BCUT2D eigenvalue weighted by Crippen LogP contribution is -2.36. The van der Waals surface area contributed by atoms with E-state index in [4.69, 9.17) is 23.7 Å². The van der Waals surface area contributed by atoms with Crippen LogP contribution < -0.4 is 30.1 Å². The number of phenolic OH excluding ortho intramolecular Hbond substituents is 2. The zero-order valence-corrected chi connectivity index (χ0v) is 35.2. The molecule has 1 saturated heterocycles. The van der Waals surface area contributed by atoms with Crippen LogP contribution in [-0.2, 0) is 25.4 Å². The first-order valence-corrected chi connectivity index (χ1v) is 19.1. The van der Waals surface area contributed by atoms with E-state index in [0.29, 0.717) is 53.5 Å². The van der Waals surface area contributed by atoms with Crippen LogP contribution in [0.5, 0.6) is 34.5 Å². The predicted octanol–water partition coefficient (Wildman–Crippen LogP) is 7.23. The molecule has 2 aromatic heterocycles. The van der Waals surface area contributed by atoms with Crippen LogP contribution in [-0.4, -0.2) is 79.0 Å². The fraction of sp³-hybridized carbons (Fsp3) is 0.348. The van der Waals surface area contributed by atoms with E-state index in [1.807, 2.05) is 83.1 Å². The van der Waals surface area contributed by atoms with E-state index in [1.165, 1.54) is 0 Å². The number of hydrogen-bond acceptors (Lipinski definition) is 10. The second-order valence-electron chi connectivity index (χ2n) is 14.8. The minimum atomic E-state index is -0.136. The van der Waals surface area contributed by atoms with Gasteiger partial charge in [0.25, 0.3) is 11.1 Å². The number of morpholine rings is 1. The molecule has 6 aromatic rings. The number of aromatic nitrogens is 2. The third-order valence-electron chi connectivity index (χ3n) is 11.1. The second-order valence-corrected chi connectivity index (χ2v) is 14.8. The Kier molecular flexibility index (Phi) is 12.1. The van der Waals surface area contributed by atoms with Crippen molar-refractivity contribution in [3.63, 3.8) is 0 Å². The Morgan fingerprint density at radius 3 is 1.41 bits per heavy atom. The molecule has 12 heteroatoms. The first-order chi connectivity index (χ1) is 27.6. The van der Waals surface area contributed by atoms with E-state index in [0.717, 1.165) is 79.8 Å². The smallest absolute Gasteiger partial charge is 0.262 e. The molecule has 0 amide bonds. The molecule has 1 fully saturated rings. The van der Waals surface area contributed by atoms with Gasteiger partial charge in [0.1, 0.15) is 34.5 Å². The molecule has 0 radical (unpaired) electrons. The summed E-state index contributed by atoms with van der Waals surface area (Å²) in [7, 11) is 9.90. The molecule has 2 N–H and O–H groups in total. The number of hydrogen-bond donors (Lipinski definition) is 2. The lowest BCUT2D eigenvalue weighted by Gasteiger charge is -2.28. The Hall–Kier alpha value is -5.98. The summed E-state index contributed by atoms with van der Waals surface area (Å²) >= 11 is 0. The van der Waals surface area contributed by atoms with Gasteiger partial charge in [0.05, 0.1) is 69.4 Å². The molecule has 0 spiro atoms. The van der Waals surface area contributed by atoms with Gasteiger partial charge in [0.15, 0.2) is 0 Å². The third-order valence-corrected chi connectivity index (χ3v) is 11.1. The highest BCUT2D eigenvalue weighted by atomic mass is 16.5. The zero-order valence-electron chi connectivity index (χ0n) is 35.2. The average Bonchev–Trinajstić information content (AvgIpc) is 3.21. The van der Waals surface area contributed by atoms with Gasteiger partial charge in [0, 0.05) is 39.3 Å². The molecule has 4 aromatic carbocycles. The number of phenols is 2. The number of pyridine rings is 2. The Morgan fingerprint density at radius 2 is 1.00 bits per heavy atom. The third kappa shape index (κ3) is 7.57. The van der Waals surface area contributed by atoms with Crippen molar-refractivity contribution in [1.82, 2.24) is 14.0 Å². The molecule has 306 valence electrons. The highest BCUT2D eigenvalue weighted by Gasteiger charge is 2.24. The summed E-state index contributed by atoms with van der Waals surface area (Å²) in [5.41, 5.74) is 7.74. The van der Waals surface area contributed by atoms with Crippen molar-refractivity contribution in [2.45, 2.75) is 41.2 Å². The quantitative estimate of drug-likeness (QED) is 0.163. The Labute approximate surface area is 338 Å². The lowest BCUT2D eigenvalue weighted by molar-refractivity contribution is 0.0336. The zero-order chi connectivity index (χ0) is 42.2.